The first-order valence-electron chi connectivity index (χ1n) is 5.37. The highest BCUT2D eigenvalue weighted by atomic mass is 32.2. The number of rotatable bonds is 6. The molecular weight excluding hydrogens is 257 g/mol. The Labute approximate surface area is 109 Å². The number of benzene rings is 1. The predicted molar refractivity (Wildman–Crippen MR) is 66.5 cm³/mol. The quantitative estimate of drug-likeness (QED) is 0.632. The predicted octanol–water partition coefficient (Wildman–Crippen LogP) is 1.72. The first-order valence-corrected chi connectivity index (χ1v) is 6.35. The minimum Gasteiger partial charge on any atom is -0.453 e. The molecule has 0 aromatic heterocycles. The molecule has 0 fully saturated rings. The zero-order chi connectivity index (χ0) is 13.5. The smallest absolute Gasteiger partial charge is 0.307 e. The monoisotopic (exact) mass is 271 g/mol. The number of hydrogen-bond acceptors (Lipinski definition) is 4. The molecule has 98 valence electrons. The minimum atomic E-state index is -0.934. The second kappa shape index (κ2) is 7.00. The van der Waals surface area contributed by atoms with Gasteiger partial charge in [-0.3, -0.25) is 9.59 Å². The number of amides is 1. The maximum Gasteiger partial charge on any atom is 0.307 e. The van der Waals surface area contributed by atoms with Crippen LogP contribution in [0.15, 0.2) is 29.2 Å². The van der Waals surface area contributed by atoms with Crippen LogP contribution in [0.25, 0.3) is 0 Å². The summed E-state index contributed by atoms with van der Waals surface area (Å²) in [5.74, 6) is -1.15. The number of primary amides is 1. The van der Waals surface area contributed by atoms with E-state index in [1.807, 2.05) is 0 Å². The van der Waals surface area contributed by atoms with Gasteiger partial charge in [0.05, 0.1) is 6.42 Å². The fourth-order valence-electron chi connectivity index (χ4n) is 1.12. The highest BCUT2D eigenvalue weighted by molar-refractivity contribution is 7.99. The molecule has 1 rings (SSSR count). The van der Waals surface area contributed by atoms with Crippen molar-refractivity contribution >= 4 is 23.6 Å². The van der Waals surface area contributed by atoms with E-state index in [1.165, 1.54) is 24.8 Å². The molecule has 6 heteroatoms. The fourth-order valence-corrected chi connectivity index (χ4v) is 1.99. The first kappa shape index (κ1) is 14.5. The Balaban J connectivity index is 2.32. The lowest BCUT2D eigenvalue weighted by Gasteiger charge is -2.09. The van der Waals surface area contributed by atoms with Crippen LogP contribution >= 0.6 is 11.8 Å². The number of thioether (sulfide) groups is 1. The summed E-state index contributed by atoms with van der Waals surface area (Å²) in [5.41, 5.74) is 4.95. The van der Waals surface area contributed by atoms with Crippen molar-refractivity contribution in [3.05, 3.63) is 30.1 Å². The second-order valence-electron chi connectivity index (χ2n) is 3.56. The van der Waals surface area contributed by atoms with E-state index in [0.717, 1.165) is 0 Å². The zero-order valence-electron chi connectivity index (χ0n) is 9.89. The van der Waals surface area contributed by atoms with Crippen molar-refractivity contribution in [3.8, 4) is 0 Å². The van der Waals surface area contributed by atoms with Gasteiger partial charge in [-0.25, -0.2) is 4.39 Å². The Morgan fingerprint density at radius 2 is 2.11 bits per heavy atom. The maximum atomic E-state index is 13.2. The molecule has 1 amide bonds. The Morgan fingerprint density at radius 1 is 1.44 bits per heavy atom. The summed E-state index contributed by atoms with van der Waals surface area (Å²) in [5, 5.41) is 0. The van der Waals surface area contributed by atoms with E-state index in [2.05, 4.69) is 0 Å². The third-order valence-electron chi connectivity index (χ3n) is 2.11. The fraction of sp³-hybridized carbons (Fsp3) is 0.333. The van der Waals surface area contributed by atoms with Crippen molar-refractivity contribution < 1.29 is 18.7 Å². The van der Waals surface area contributed by atoms with Crippen molar-refractivity contribution in [3.63, 3.8) is 0 Å². The summed E-state index contributed by atoms with van der Waals surface area (Å²) in [4.78, 5) is 22.4. The lowest BCUT2D eigenvalue weighted by molar-refractivity contribution is -0.153. The van der Waals surface area contributed by atoms with E-state index in [0.29, 0.717) is 10.6 Å². The lowest BCUT2D eigenvalue weighted by Crippen LogP contribution is -2.30. The zero-order valence-corrected chi connectivity index (χ0v) is 10.7. The van der Waals surface area contributed by atoms with Crippen LogP contribution in [0.3, 0.4) is 0 Å². The third kappa shape index (κ3) is 4.75. The molecule has 1 aromatic rings. The molecule has 4 nitrogen and oxygen atoms in total. The third-order valence-corrected chi connectivity index (χ3v) is 3.16. The molecule has 0 heterocycles. The van der Waals surface area contributed by atoms with Crippen LogP contribution in [0.4, 0.5) is 4.39 Å². The van der Waals surface area contributed by atoms with Gasteiger partial charge in [-0.05, 0) is 19.1 Å². The number of hydrogen-bond donors (Lipinski definition) is 1. The van der Waals surface area contributed by atoms with E-state index in [4.69, 9.17) is 10.5 Å². The van der Waals surface area contributed by atoms with Crippen molar-refractivity contribution in [1.29, 1.82) is 0 Å². The van der Waals surface area contributed by atoms with Gasteiger partial charge in [-0.1, -0.05) is 12.1 Å². The summed E-state index contributed by atoms with van der Waals surface area (Å²) in [7, 11) is 0. The van der Waals surface area contributed by atoms with Crippen LogP contribution in [0.2, 0.25) is 0 Å². The van der Waals surface area contributed by atoms with Gasteiger partial charge in [-0.15, -0.1) is 11.8 Å². The number of carbonyl (C=O) groups excluding carboxylic acids is 2. The molecule has 0 spiro atoms. The minimum absolute atomic E-state index is 0.0939. The van der Waals surface area contributed by atoms with Gasteiger partial charge in [0.2, 0.25) is 0 Å². The van der Waals surface area contributed by atoms with E-state index < -0.39 is 18.0 Å². The summed E-state index contributed by atoms with van der Waals surface area (Å²) in [6.45, 7) is 1.41. The molecular formula is C12H14FNO3S. The topological polar surface area (TPSA) is 69.4 Å². The molecule has 0 bridgehead atoms. The van der Waals surface area contributed by atoms with Crippen molar-refractivity contribution in [2.24, 2.45) is 5.73 Å². The van der Waals surface area contributed by atoms with E-state index in [9.17, 15) is 14.0 Å². The van der Waals surface area contributed by atoms with Gasteiger partial charge in [0.25, 0.3) is 5.91 Å². The van der Waals surface area contributed by atoms with Crippen LogP contribution in [0.1, 0.15) is 13.3 Å². The molecule has 18 heavy (non-hydrogen) atoms. The Morgan fingerprint density at radius 3 is 2.72 bits per heavy atom. The van der Waals surface area contributed by atoms with Crippen LogP contribution in [-0.4, -0.2) is 23.7 Å². The molecule has 0 aliphatic heterocycles. The van der Waals surface area contributed by atoms with Crippen molar-refractivity contribution in [1.82, 2.24) is 0 Å². The average Bonchev–Trinajstić information content (AvgIpc) is 2.31. The molecule has 0 aliphatic rings. The molecule has 1 unspecified atom stereocenters. The average molecular weight is 271 g/mol. The summed E-state index contributed by atoms with van der Waals surface area (Å²) in [6, 6.07) is 6.31. The van der Waals surface area contributed by atoms with Crippen LogP contribution in [-0.2, 0) is 14.3 Å². The largest absolute Gasteiger partial charge is 0.453 e. The Kier molecular flexibility index (Phi) is 5.64. The standard InChI is InChI=1S/C12H14FNO3S/c1-8(12(14)16)17-11(15)6-7-18-10-5-3-2-4-9(10)13/h2-5,8H,6-7H2,1H3,(H2,14,16). The number of halogens is 1. The van der Waals surface area contributed by atoms with E-state index in [-0.39, 0.29) is 12.2 Å². The molecule has 1 aromatic carbocycles. The normalized spacial score (nSPS) is 11.9. The van der Waals surface area contributed by atoms with Gasteiger partial charge >= 0.3 is 5.97 Å². The van der Waals surface area contributed by atoms with Gasteiger partial charge in [0.1, 0.15) is 5.82 Å². The Hall–Kier alpha value is -1.56. The van der Waals surface area contributed by atoms with Gasteiger partial charge in [0.15, 0.2) is 6.10 Å². The molecule has 2 N–H and O–H groups in total. The number of ether oxygens (including phenoxy) is 1. The van der Waals surface area contributed by atoms with Crippen LogP contribution < -0.4 is 5.73 Å². The highest BCUT2D eigenvalue weighted by Gasteiger charge is 2.14. The molecule has 0 radical (unpaired) electrons. The van der Waals surface area contributed by atoms with Crippen LogP contribution in [0.5, 0.6) is 0 Å². The SMILES string of the molecule is CC(OC(=O)CCSc1ccccc1F)C(N)=O. The summed E-state index contributed by atoms with van der Waals surface area (Å²) < 4.78 is 18.0. The second-order valence-corrected chi connectivity index (χ2v) is 4.70. The molecule has 0 saturated carbocycles. The van der Waals surface area contributed by atoms with Gasteiger partial charge < -0.3 is 10.5 Å². The molecule has 1 atom stereocenters. The maximum absolute atomic E-state index is 13.2. The molecule has 0 aliphatic carbocycles. The van der Waals surface area contributed by atoms with Crippen molar-refractivity contribution in [2.75, 3.05) is 5.75 Å². The number of esters is 1. The highest BCUT2D eigenvalue weighted by Crippen LogP contribution is 2.21. The van der Waals surface area contributed by atoms with Crippen molar-refractivity contribution in [2.45, 2.75) is 24.3 Å². The van der Waals surface area contributed by atoms with Crippen LogP contribution in [0, 0.1) is 5.82 Å². The summed E-state index contributed by atoms with van der Waals surface area (Å²) >= 11 is 1.22. The number of carbonyl (C=O) groups is 2. The molecule has 0 saturated heterocycles. The number of nitrogens with two attached hydrogens (primary N) is 1. The van der Waals surface area contributed by atoms with Gasteiger partial charge in [0, 0.05) is 10.6 Å². The summed E-state index contributed by atoms with van der Waals surface area (Å²) in [6.07, 6.45) is -0.840. The van der Waals surface area contributed by atoms with E-state index >= 15 is 0 Å². The van der Waals surface area contributed by atoms with Gasteiger partial charge in [-0.2, -0.15) is 0 Å². The first-order chi connectivity index (χ1) is 8.50. The Bertz CT molecular complexity index is 439. The lowest BCUT2D eigenvalue weighted by atomic mass is 10.3. The van der Waals surface area contributed by atoms with E-state index in [1.54, 1.807) is 18.2 Å².